The number of ether oxygens (including phenoxy) is 2. The molecule has 0 unspecified atom stereocenters. The van der Waals surface area contributed by atoms with E-state index in [-0.39, 0.29) is 0 Å². The van der Waals surface area contributed by atoms with Gasteiger partial charge in [-0.05, 0) is 30.5 Å². The highest BCUT2D eigenvalue weighted by molar-refractivity contribution is 5.50. The van der Waals surface area contributed by atoms with Crippen LogP contribution < -0.4 is 15.4 Å². The molecule has 15 heavy (non-hydrogen) atoms. The molecule has 0 amide bonds. The second kappa shape index (κ2) is 4.51. The summed E-state index contributed by atoms with van der Waals surface area (Å²) < 4.78 is 11.1. The van der Waals surface area contributed by atoms with Crippen LogP contribution in [0, 0.1) is 6.92 Å². The normalized spacial score (nSPS) is 14.0. The average molecular weight is 209 g/mol. The Hall–Kier alpha value is -1.26. The highest BCUT2D eigenvalue weighted by Gasteiger charge is 2.15. The third kappa shape index (κ3) is 2.06. The van der Waals surface area contributed by atoms with E-state index in [1.165, 1.54) is 5.56 Å². The first-order chi connectivity index (χ1) is 7.33. The van der Waals surface area contributed by atoms with Crippen LogP contribution in [0.2, 0.25) is 0 Å². The minimum Gasteiger partial charge on any atom is -0.486 e. The monoisotopic (exact) mass is 209 g/mol. The summed E-state index contributed by atoms with van der Waals surface area (Å²) in [4.78, 5) is 4.57. The molecule has 1 aliphatic heterocycles. The summed E-state index contributed by atoms with van der Waals surface area (Å²) in [5.74, 6) is 6.70. The van der Waals surface area contributed by atoms with Crippen molar-refractivity contribution in [1.82, 2.24) is 0 Å². The number of benzene rings is 1. The molecule has 1 heterocycles. The van der Waals surface area contributed by atoms with Crippen LogP contribution in [-0.4, -0.2) is 19.8 Å². The number of nitrogens with two attached hydrogens (primary N) is 1. The van der Waals surface area contributed by atoms with E-state index in [9.17, 15) is 0 Å². The maximum absolute atomic E-state index is 5.58. The van der Waals surface area contributed by atoms with Crippen LogP contribution in [-0.2, 0) is 11.3 Å². The van der Waals surface area contributed by atoms with Crippen molar-refractivity contribution in [3.05, 3.63) is 23.3 Å². The van der Waals surface area contributed by atoms with E-state index in [2.05, 4.69) is 4.84 Å². The van der Waals surface area contributed by atoms with Crippen LogP contribution in [0.1, 0.15) is 11.1 Å². The van der Waals surface area contributed by atoms with Gasteiger partial charge in [-0.25, -0.2) is 5.90 Å². The molecule has 0 fully saturated rings. The molecule has 0 atom stereocenters. The summed E-state index contributed by atoms with van der Waals surface area (Å²) in [6.07, 6.45) is 0.791. The van der Waals surface area contributed by atoms with Gasteiger partial charge in [0.05, 0.1) is 6.61 Å². The van der Waals surface area contributed by atoms with Gasteiger partial charge in [-0.1, -0.05) is 6.07 Å². The van der Waals surface area contributed by atoms with E-state index in [0.29, 0.717) is 19.8 Å². The molecule has 0 aromatic heterocycles. The maximum atomic E-state index is 5.58. The van der Waals surface area contributed by atoms with E-state index >= 15 is 0 Å². The fourth-order valence-electron chi connectivity index (χ4n) is 1.74. The van der Waals surface area contributed by atoms with Crippen molar-refractivity contribution >= 4 is 0 Å². The first-order valence-electron chi connectivity index (χ1n) is 5.02. The molecule has 0 saturated heterocycles. The van der Waals surface area contributed by atoms with Gasteiger partial charge in [0.1, 0.15) is 13.2 Å². The lowest BCUT2D eigenvalue weighted by Crippen LogP contribution is -2.17. The summed E-state index contributed by atoms with van der Waals surface area (Å²) in [6.45, 7) is 3.78. The van der Waals surface area contributed by atoms with Crippen LogP contribution in [0.25, 0.3) is 0 Å². The standard InChI is InChI=1S/C11H15NO3/c1-8-9(4-5-15-12)2-3-10-11(8)14-7-6-13-10/h2-3H,4-7,12H2,1H3. The number of hydrogen-bond donors (Lipinski definition) is 1. The molecule has 1 aliphatic rings. The van der Waals surface area contributed by atoms with Crippen molar-refractivity contribution in [2.75, 3.05) is 19.8 Å². The lowest BCUT2D eigenvalue weighted by atomic mass is 10.0. The van der Waals surface area contributed by atoms with Crippen LogP contribution >= 0.6 is 0 Å². The molecule has 4 nitrogen and oxygen atoms in total. The Morgan fingerprint density at radius 3 is 2.93 bits per heavy atom. The molecule has 0 saturated carbocycles. The van der Waals surface area contributed by atoms with Crippen LogP contribution in [0.3, 0.4) is 0 Å². The Morgan fingerprint density at radius 2 is 2.13 bits per heavy atom. The lowest BCUT2D eigenvalue weighted by molar-refractivity contribution is 0.140. The van der Waals surface area contributed by atoms with Gasteiger partial charge in [0, 0.05) is 0 Å². The Kier molecular flexibility index (Phi) is 3.08. The van der Waals surface area contributed by atoms with Crippen LogP contribution in [0.15, 0.2) is 12.1 Å². The molecule has 2 N–H and O–H groups in total. The first kappa shape index (κ1) is 10.3. The summed E-state index contributed by atoms with van der Waals surface area (Å²) in [5, 5.41) is 0. The number of rotatable bonds is 3. The molecular weight excluding hydrogens is 194 g/mol. The smallest absolute Gasteiger partial charge is 0.164 e. The molecule has 0 aliphatic carbocycles. The van der Waals surface area contributed by atoms with Gasteiger partial charge in [0.15, 0.2) is 11.5 Å². The second-order valence-corrected chi connectivity index (χ2v) is 3.49. The topological polar surface area (TPSA) is 53.7 Å². The third-order valence-corrected chi connectivity index (χ3v) is 2.56. The zero-order valence-corrected chi connectivity index (χ0v) is 8.79. The van der Waals surface area contributed by atoms with Crippen LogP contribution in [0.4, 0.5) is 0 Å². The van der Waals surface area contributed by atoms with Crippen molar-refractivity contribution in [1.29, 1.82) is 0 Å². The second-order valence-electron chi connectivity index (χ2n) is 3.49. The first-order valence-corrected chi connectivity index (χ1v) is 5.02. The van der Waals surface area contributed by atoms with Gasteiger partial charge in [0.2, 0.25) is 0 Å². The largest absolute Gasteiger partial charge is 0.486 e. The van der Waals surface area contributed by atoms with E-state index in [1.807, 2.05) is 19.1 Å². The summed E-state index contributed by atoms with van der Waals surface area (Å²) in [6, 6.07) is 3.97. The van der Waals surface area contributed by atoms with Gasteiger partial charge in [-0.2, -0.15) is 0 Å². The zero-order chi connectivity index (χ0) is 10.7. The van der Waals surface area contributed by atoms with Gasteiger partial charge < -0.3 is 14.3 Å². The Bertz CT molecular complexity index is 352. The van der Waals surface area contributed by atoms with Crippen molar-refractivity contribution in [2.45, 2.75) is 13.3 Å². The molecule has 1 aromatic carbocycles. The predicted octanol–water partition coefficient (Wildman–Crippen LogP) is 1.20. The summed E-state index contributed by atoms with van der Waals surface area (Å²) in [7, 11) is 0. The highest BCUT2D eigenvalue weighted by Crippen LogP contribution is 2.35. The van der Waals surface area contributed by atoms with Gasteiger partial charge in [-0.3, -0.25) is 0 Å². The molecule has 4 heteroatoms. The summed E-state index contributed by atoms with van der Waals surface area (Å²) in [5.41, 5.74) is 2.30. The zero-order valence-electron chi connectivity index (χ0n) is 8.79. The quantitative estimate of drug-likeness (QED) is 0.760. The molecule has 0 spiro atoms. The van der Waals surface area contributed by atoms with Crippen molar-refractivity contribution < 1.29 is 14.3 Å². The van der Waals surface area contributed by atoms with E-state index in [4.69, 9.17) is 15.4 Å². The van der Waals surface area contributed by atoms with Gasteiger partial charge in [0.25, 0.3) is 0 Å². The minimum atomic E-state index is 0.514. The molecule has 0 radical (unpaired) electrons. The van der Waals surface area contributed by atoms with Crippen molar-refractivity contribution in [3.63, 3.8) is 0 Å². The Labute approximate surface area is 88.9 Å². The number of fused-ring (bicyclic) bond motifs is 1. The van der Waals surface area contributed by atoms with Crippen molar-refractivity contribution in [3.8, 4) is 11.5 Å². The Balaban J connectivity index is 2.26. The average Bonchev–Trinajstić information content (AvgIpc) is 2.29. The molecule has 2 rings (SSSR count). The number of hydrogen-bond acceptors (Lipinski definition) is 4. The molecular formula is C11H15NO3. The fourth-order valence-corrected chi connectivity index (χ4v) is 1.74. The van der Waals surface area contributed by atoms with Crippen LogP contribution in [0.5, 0.6) is 11.5 Å². The Morgan fingerprint density at radius 1 is 1.33 bits per heavy atom. The SMILES string of the molecule is Cc1c(CCON)ccc2c1OCCO2. The lowest BCUT2D eigenvalue weighted by Gasteiger charge is -2.21. The van der Waals surface area contributed by atoms with Crippen molar-refractivity contribution in [2.24, 2.45) is 5.90 Å². The van der Waals surface area contributed by atoms with E-state index in [0.717, 1.165) is 23.5 Å². The highest BCUT2D eigenvalue weighted by atomic mass is 16.6. The van der Waals surface area contributed by atoms with E-state index < -0.39 is 0 Å². The predicted molar refractivity (Wildman–Crippen MR) is 56.0 cm³/mol. The molecule has 82 valence electrons. The summed E-state index contributed by atoms with van der Waals surface area (Å²) >= 11 is 0. The third-order valence-electron chi connectivity index (χ3n) is 2.56. The minimum absolute atomic E-state index is 0.514. The fraction of sp³-hybridized carbons (Fsp3) is 0.455. The molecule has 0 bridgehead atoms. The molecule has 1 aromatic rings. The van der Waals surface area contributed by atoms with E-state index in [1.54, 1.807) is 0 Å². The van der Waals surface area contributed by atoms with Gasteiger partial charge in [-0.15, -0.1) is 0 Å². The van der Waals surface area contributed by atoms with Gasteiger partial charge >= 0.3 is 0 Å². The maximum Gasteiger partial charge on any atom is 0.164 e.